The van der Waals surface area contributed by atoms with Crippen LogP contribution in [0.15, 0.2) is 18.3 Å². The lowest BCUT2D eigenvalue weighted by molar-refractivity contribution is 0.0298. The zero-order valence-electron chi connectivity index (χ0n) is 15.1. The Bertz CT molecular complexity index is 633. The number of amides is 3. The van der Waals surface area contributed by atoms with Gasteiger partial charge in [-0.3, -0.25) is 4.79 Å². The van der Waals surface area contributed by atoms with Crippen molar-refractivity contribution in [2.24, 2.45) is 0 Å². The van der Waals surface area contributed by atoms with Crippen LogP contribution in [-0.4, -0.2) is 78.8 Å². The summed E-state index contributed by atoms with van der Waals surface area (Å²) in [6.07, 6.45) is 3.09. The zero-order chi connectivity index (χ0) is 18.4. The normalized spacial score (nSPS) is 20.1. The van der Waals surface area contributed by atoms with E-state index >= 15 is 0 Å². The highest BCUT2D eigenvalue weighted by Crippen LogP contribution is 2.22. The first kappa shape index (κ1) is 18.4. The van der Waals surface area contributed by atoms with Gasteiger partial charge in [0.05, 0.1) is 19.8 Å². The molecule has 8 nitrogen and oxygen atoms in total. The quantitative estimate of drug-likeness (QED) is 0.849. The SMILES string of the molecule is CCCNC(=O)N1CCC(Oc2ncccc2C(=O)N2CCOCC2)C1. The van der Waals surface area contributed by atoms with Crippen molar-refractivity contribution in [1.29, 1.82) is 0 Å². The molecule has 2 aliphatic rings. The van der Waals surface area contributed by atoms with Crippen molar-refractivity contribution >= 4 is 11.9 Å². The highest BCUT2D eigenvalue weighted by molar-refractivity contribution is 5.96. The Morgan fingerprint density at radius 1 is 1.31 bits per heavy atom. The fraction of sp³-hybridized carbons (Fsp3) is 0.611. The van der Waals surface area contributed by atoms with Crippen LogP contribution in [0.1, 0.15) is 30.1 Å². The first-order valence-electron chi connectivity index (χ1n) is 9.20. The van der Waals surface area contributed by atoms with E-state index in [-0.39, 0.29) is 18.0 Å². The number of nitrogens with one attached hydrogen (secondary N) is 1. The average Bonchev–Trinajstić information content (AvgIpc) is 3.15. The van der Waals surface area contributed by atoms with E-state index in [4.69, 9.17) is 9.47 Å². The van der Waals surface area contributed by atoms with Gasteiger partial charge in [0.1, 0.15) is 11.7 Å². The molecule has 0 saturated carbocycles. The van der Waals surface area contributed by atoms with Gasteiger partial charge in [-0.05, 0) is 18.6 Å². The number of ether oxygens (including phenoxy) is 2. The largest absolute Gasteiger partial charge is 0.472 e. The minimum Gasteiger partial charge on any atom is -0.472 e. The van der Waals surface area contributed by atoms with E-state index in [9.17, 15) is 9.59 Å². The predicted molar refractivity (Wildman–Crippen MR) is 95.3 cm³/mol. The molecule has 0 spiro atoms. The number of pyridine rings is 1. The van der Waals surface area contributed by atoms with E-state index in [0.717, 1.165) is 12.8 Å². The molecule has 0 aliphatic carbocycles. The fourth-order valence-corrected chi connectivity index (χ4v) is 3.09. The van der Waals surface area contributed by atoms with Crippen LogP contribution in [0.4, 0.5) is 4.79 Å². The second-order valence-corrected chi connectivity index (χ2v) is 6.47. The number of morpholine rings is 1. The Kier molecular flexibility index (Phi) is 6.27. The molecule has 2 aliphatic heterocycles. The van der Waals surface area contributed by atoms with Crippen molar-refractivity contribution in [3.63, 3.8) is 0 Å². The monoisotopic (exact) mass is 362 g/mol. The van der Waals surface area contributed by atoms with Crippen LogP contribution in [0, 0.1) is 0 Å². The highest BCUT2D eigenvalue weighted by atomic mass is 16.5. The van der Waals surface area contributed by atoms with E-state index in [2.05, 4.69) is 10.3 Å². The molecule has 1 N–H and O–H groups in total. The van der Waals surface area contributed by atoms with E-state index in [1.54, 1.807) is 28.1 Å². The van der Waals surface area contributed by atoms with Gasteiger partial charge in [0.25, 0.3) is 5.91 Å². The summed E-state index contributed by atoms with van der Waals surface area (Å²) >= 11 is 0. The summed E-state index contributed by atoms with van der Waals surface area (Å²) in [7, 11) is 0. The van der Waals surface area contributed by atoms with Crippen molar-refractivity contribution in [1.82, 2.24) is 20.1 Å². The van der Waals surface area contributed by atoms with Crippen LogP contribution in [0.3, 0.4) is 0 Å². The lowest BCUT2D eigenvalue weighted by atomic mass is 10.2. The second-order valence-electron chi connectivity index (χ2n) is 6.47. The summed E-state index contributed by atoms with van der Waals surface area (Å²) in [5.41, 5.74) is 0.461. The highest BCUT2D eigenvalue weighted by Gasteiger charge is 2.29. The summed E-state index contributed by atoms with van der Waals surface area (Å²) < 4.78 is 11.3. The summed E-state index contributed by atoms with van der Waals surface area (Å²) in [6, 6.07) is 3.41. The standard InChI is InChI=1S/C18H26N4O4/c1-2-6-20-18(24)22-8-5-14(13-22)26-16-15(4-3-7-19-16)17(23)21-9-11-25-12-10-21/h3-4,7,14H,2,5-6,8-13H2,1H3,(H,20,24). The molecule has 2 fully saturated rings. The molecule has 2 saturated heterocycles. The van der Waals surface area contributed by atoms with Gasteiger partial charge in [-0.25, -0.2) is 9.78 Å². The van der Waals surface area contributed by atoms with Crippen molar-refractivity contribution in [2.75, 3.05) is 45.9 Å². The molecule has 1 unspecified atom stereocenters. The van der Waals surface area contributed by atoms with Gasteiger partial charge in [0, 0.05) is 38.8 Å². The lowest BCUT2D eigenvalue weighted by Gasteiger charge is -2.27. The van der Waals surface area contributed by atoms with Crippen LogP contribution < -0.4 is 10.1 Å². The van der Waals surface area contributed by atoms with Crippen molar-refractivity contribution in [3.05, 3.63) is 23.9 Å². The lowest BCUT2D eigenvalue weighted by Crippen LogP contribution is -2.41. The van der Waals surface area contributed by atoms with Crippen LogP contribution in [0.5, 0.6) is 5.88 Å². The molecule has 3 rings (SSSR count). The Labute approximate surface area is 153 Å². The third kappa shape index (κ3) is 4.43. The van der Waals surface area contributed by atoms with Gasteiger partial charge in [-0.2, -0.15) is 0 Å². The number of likely N-dealkylation sites (tertiary alicyclic amines) is 1. The summed E-state index contributed by atoms with van der Waals surface area (Å²) in [5.74, 6) is 0.247. The number of rotatable bonds is 5. The molecule has 1 aromatic heterocycles. The zero-order valence-corrected chi connectivity index (χ0v) is 15.1. The molecular weight excluding hydrogens is 336 g/mol. The van der Waals surface area contributed by atoms with Crippen LogP contribution in [0.2, 0.25) is 0 Å². The first-order valence-corrected chi connectivity index (χ1v) is 9.20. The van der Waals surface area contributed by atoms with Gasteiger partial charge in [-0.1, -0.05) is 6.92 Å². The van der Waals surface area contributed by atoms with E-state index < -0.39 is 0 Å². The minimum atomic E-state index is -0.159. The molecule has 142 valence electrons. The van der Waals surface area contributed by atoms with Crippen LogP contribution >= 0.6 is 0 Å². The summed E-state index contributed by atoms with van der Waals surface area (Å²) in [4.78, 5) is 32.6. The molecule has 1 aromatic rings. The fourth-order valence-electron chi connectivity index (χ4n) is 3.09. The molecule has 1 atom stereocenters. The maximum Gasteiger partial charge on any atom is 0.317 e. The minimum absolute atomic E-state index is 0.0661. The smallest absolute Gasteiger partial charge is 0.317 e. The first-order chi connectivity index (χ1) is 12.7. The van der Waals surface area contributed by atoms with E-state index in [0.29, 0.717) is 57.4 Å². The summed E-state index contributed by atoms with van der Waals surface area (Å²) in [6.45, 7) is 6.06. The summed E-state index contributed by atoms with van der Waals surface area (Å²) in [5, 5.41) is 2.87. The topological polar surface area (TPSA) is 84.0 Å². The number of aromatic nitrogens is 1. The van der Waals surface area contributed by atoms with Gasteiger partial charge in [0.15, 0.2) is 0 Å². The molecule has 3 heterocycles. The number of hydrogen-bond acceptors (Lipinski definition) is 5. The molecule has 0 aromatic carbocycles. The van der Waals surface area contributed by atoms with Crippen molar-refractivity contribution < 1.29 is 19.1 Å². The van der Waals surface area contributed by atoms with E-state index in [1.165, 1.54) is 0 Å². The molecular formula is C18H26N4O4. The van der Waals surface area contributed by atoms with Crippen molar-refractivity contribution in [2.45, 2.75) is 25.9 Å². The number of nitrogens with zero attached hydrogens (tertiary/aromatic N) is 3. The molecule has 0 radical (unpaired) electrons. The molecule has 3 amide bonds. The van der Waals surface area contributed by atoms with E-state index in [1.807, 2.05) is 6.92 Å². The maximum absolute atomic E-state index is 12.8. The maximum atomic E-state index is 12.8. The van der Waals surface area contributed by atoms with Gasteiger partial charge >= 0.3 is 6.03 Å². The second kappa shape index (κ2) is 8.84. The Morgan fingerprint density at radius 2 is 2.12 bits per heavy atom. The number of carbonyl (C=O) groups excluding carboxylic acids is 2. The predicted octanol–water partition coefficient (Wildman–Crippen LogP) is 1.13. The van der Waals surface area contributed by atoms with Gasteiger partial charge in [0.2, 0.25) is 5.88 Å². The van der Waals surface area contributed by atoms with Crippen molar-refractivity contribution in [3.8, 4) is 5.88 Å². The molecule has 8 heteroatoms. The molecule has 26 heavy (non-hydrogen) atoms. The number of urea groups is 1. The average molecular weight is 362 g/mol. The van der Waals surface area contributed by atoms with Crippen LogP contribution in [0.25, 0.3) is 0 Å². The Morgan fingerprint density at radius 3 is 2.88 bits per heavy atom. The van der Waals surface area contributed by atoms with Gasteiger partial charge in [-0.15, -0.1) is 0 Å². The molecule has 0 bridgehead atoms. The van der Waals surface area contributed by atoms with Crippen LogP contribution in [-0.2, 0) is 4.74 Å². The third-order valence-corrected chi connectivity index (χ3v) is 4.54. The third-order valence-electron chi connectivity index (χ3n) is 4.54. The Hall–Kier alpha value is -2.35. The van der Waals surface area contributed by atoms with Gasteiger partial charge < -0.3 is 24.6 Å². The number of hydrogen-bond donors (Lipinski definition) is 1. The Balaban J connectivity index is 1.62. The number of carbonyl (C=O) groups is 2.